The third-order valence-electron chi connectivity index (χ3n) is 10.6. The first-order chi connectivity index (χ1) is 15.7. The predicted octanol–water partition coefficient (Wildman–Crippen LogP) is 6.17. The fourth-order valence-electron chi connectivity index (χ4n) is 8.39. The lowest BCUT2D eigenvalue weighted by atomic mass is 9.45. The van der Waals surface area contributed by atoms with Crippen LogP contribution in [0.25, 0.3) is 5.69 Å². The number of fused-ring (bicyclic) bond motifs is 3. The molecule has 8 atom stereocenters. The van der Waals surface area contributed by atoms with Crippen LogP contribution in [0.2, 0.25) is 0 Å². The van der Waals surface area contributed by atoms with Gasteiger partial charge in [0, 0.05) is 12.3 Å². The fourth-order valence-corrected chi connectivity index (χ4v) is 8.39. The zero-order chi connectivity index (χ0) is 23.5. The van der Waals surface area contributed by atoms with Gasteiger partial charge in [-0.1, -0.05) is 40.7 Å². The molecule has 0 amide bonds. The number of aryl methyl sites for hydroxylation is 1. The van der Waals surface area contributed by atoms with Crippen LogP contribution in [-0.2, 0) is 12.8 Å². The first-order valence-electron chi connectivity index (χ1n) is 13.2. The van der Waals surface area contributed by atoms with Crippen LogP contribution in [-0.4, -0.2) is 26.1 Å². The van der Waals surface area contributed by atoms with E-state index in [1.165, 1.54) is 31.2 Å². The number of benzene rings is 1. The molecule has 3 saturated carbocycles. The minimum atomic E-state index is -0.212. The van der Waals surface area contributed by atoms with Gasteiger partial charge in [-0.3, -0.25) is 0 Å². The average Bonchev–Trinajstić information content (AvgIpc) is 3.30. The van der Waals surface area contributed by atoms with Gasteiger partial charge in [0.15, 0.2) is 0 Å². The van der Waals surface area contributed by atoms with Crippen molar-refractivity contribution < 1.29 is 10.2 Å². The van der Waals surface area contributed by atoms with Gasteiger partial charge in [-0.2, -0.15) is 5.10 Å². The zero-order valence-electron chi connectivity index (χ0n) is 21.1. The molecule has 5 rings (SSSR count). The van der Waals surface area contributed by atoms with Crippen molar-refractivity contribution in [2.24, 2.45) is 40.4 Å². The maximum atomic E-state index is 11.7. The molecule has 2 N–H and O–H groups in total. The van der Waals surface area contributed by atoms with Crippen molar-refractivity contribution in [3.63, 3.8) is 0 Å². The van der Waals surface area contributed by atoms with Gasteiger partial charge >= 0.3 is 0 Å². The summed E-state index contributed by atoms with van der Waals surface area (Å²) in [5.41, 5.74) is 3.70. The fraction of sp³-hybridized carbons (Fsp3) is 0.690. The summed E-state index contributed by atoms with van der Waals surface area (Å²) < 4.78 is 1.93. The Morgan fingerprint density at radius 1 is 1.09 bits per heavy atom. The molecule has 1 heterocycles. The molecule has 3 aliphatic rings. The highest BCUT2D eigenvalue weighted by atomic mass is 16.3. The molecular weight excluding hydrogens is 408 g/mol. The minimum absolute atomic E-state index is 0.0616. The van der Waals surface area contributed by atoms with E-state index < -0.39 is 0 Å². The summed E-state index contributed by atoms with van der Waals surface area (Å²) in [7, 11) is 0. The van der Waals surface area contributed by atoms with Crippen molar-refractivity contribution in [2.75, 3.05) is 0 Å². The molecule has 33 heavy (non-hydrogen) atoms. The molecule has 3 aliphatic carbocycles. The van der Waals surface area contributed by atoms with Crippen molar-refractivity contribution in [1.29, 1.82) is 0 Å². The maximum Gasteiger partial charge on any atom is 0.117 e. The lowest BCUT2D eigenvalue weighted by Crippen LogP contribution is -2.57. The number of rotatable bonds is 4. The molecule has 0 spiro atoms. The molecular formula is C29H42N2O2. The summed E-state index contributed by atoms with van der Waals surface area (Å²) in [6.45, 7) is 11.9. The first kappa shape index (κ1) is 23.0. The van der Waals surface area contributed by atoms with Gasteiger partial charge in [0.05, 0.1) is 17.5 Å². The van der Waals surface area contributed by atoms with E-state index in [2.05, 4.69) is 40.8 Å². The smallest absolute Gasteiger partial charge is 0.117 e. The molecule has 180 valence electrons. The largest absolute Gasteiger partial charge is 0.508 e. The van der Waals surface area contributed by atoms with Crippen molar-refractivity contribution in [3.05, 3.63) is 41.7 Å². The minimum Gasteiger partial charge on any atom is -0.508 e. The number of aliphatic hydroxyl groups is 1. The van der Waals surface area contributed by atoms with E-state index in [9.17, 15) is 10.2 Å². The van der Waals surface area contributed by atoms with E-state index in [1.54, 1.807) is 12.1 Å². The van der Waals surface area contributed by atoms with Gasteiger partial charge in [0.2, 0.25) is 0 Å². The Labute approximate surface area is 199 Å². The monoisotopic (exact) mass is 450 g/mol. The van der Waals surface area contributed by atoms with Crippen molar-refractivity contribution in [2.45, 2.75) is 85.7 Å². The second kappa shape index (κ2) is 8.15. The Morgan fingerprint density at radius 2 is 1.85 bits per heavy atom. The normalized spacial score (nSPS) is 40.4. The number of hydrogen-bond acceptors (Lipinski definition) is 3. The summed E-state index contributed by atoms with van der Waals surface area (Å²) in [5, 5.41) is 26.5. The third kappa shape index (κ3) is 3.55. The van der Waals surface area contributed by atoms with Gasteiger partial charge in [-0.15, -0.1) is 0 Å². The number of aromatic hydroxyl groups is 1. The molecule has 4 heteroatoms. The Balaban J connectivity index is 1.50. The van der Waals surface area contributed by atoms with E-state index in [-0.39, 0.29) is 17.3 Å². The first-order valence-corrected chi connectivity index (χ1v) is 13.2. The number of nitrogens with zero attached hydrogens (tertiary/aromatic N) is 2. The molecule has 0 aliphatic heterocycles. The molecule has 2 aromatic rings. The van der Waals surface area contributed by atoms with Crippen LogP contribution in [0.1, 0.15) is 78.0 Å². The van der Waals surface area contributed by atoms with E-state index in [1.807, 2.05) is 16.8 Å². The summed E-state index contributed by atoms with van der Waals surface area (Å²) in [5.74, 6) is 3.31. The van der Waals surface area contributed by atoms with Crippen molar-refractivity contribution in [3.8, 4) is 11.4 Å². The lowest BCUT2D eigenvalue weighted by Gasteiger charge is -2.60. The maximum absolute atomic E-state index is 11.7. The van der Waals surface area contributed by atoms with Gasteiger partial charge < -0.3 is 10.2 Å². The van der Waals surface area contributed by atoms with Crippen LogP contribution in [0.4, 0.5) is 0 Å². The Bertz CT molecular complexity index is 1010. The molecule has 7 unspecified atom stereocenters. The molecule has 0 bridgehead atoms. The van der Waals surface area contributed by atoms with Crippen LogP contribution in [0.5, 0.6) is 5.75 Å². The number of hydrogen-bond donors (Lipinski definition) is 2. The van der Waals surface area contributed by atoms with E-state index in [0.29, 0.717) is 23.2 Å². The highest BCUT2D eigenvalue weighted by molar-refractivity contribution is 5.39. The number of aromatic nitrogens is 2. The van der Waals surface area contributed by atoms with Crippen molar-refractivity contribution >= 4 is 0 Å². The predicted molar refractivity (Wildman–Crippen MR) is 132 cm³/mol. The summed E-state index contributed by atoms with van der Waals surface area (Å²) in [6.07, 6.45) is 9.97. The second-order valence-corrected chi connectivity index (χ2v) is 12.1. The lowest BCUT2D eigenvalue weighted by molar-refractivity contribution is -0.155. The van der Waals surface area contributed by atoms with Crippen LogP contribution < -0.4 is 0 Å². The Kier molecular flexibility index (Phi) is 5.67. The standard InChI is InChI=1S/C29H42N2O2/c1-6-25-20(17-31(30-25)21-8-7-9-22(32)14-21)15-29(5)19(3)10-12-23-24-13-11-18(2)28(24,4)16-26(33)27(23)29/h7-9,14,17-19,23-24,26-27,32-33H,6,10-13,15-16H2,1-5H3/t18-,19?,23?,24?,26?,27?,28?,29?/m1/s1. The SMILES string of the molecule is CCc1nn(-c2cccc(O)c2)cc1CC1(C)C(C)CCC2C1C(O)CC1(C)C2CC[C@H]1C. The molecule has 0 saturated heterocycles. The average molecular weight is 451 g/mol. The summed E-state index contributed by atoms with van der Waals surface area (Å²) in [4.78, 5) is 0. The highest BCUT2D eigenvalue weighted by Crippen LogP contribution is 2.65. The number of aliphatic hydroxyl groups excluding tert-OH is 1. The van der Waals surface area contributed by atoms with Crippen molar-refractivity contribution in [1.82, 2.24) is 9.78 Å². The molecule has 1 aromatic carbocycles. The third-order valence-corrected chi connectivity index (χ3v) is 10.6. The van der Waals surface area contributed by atoms with E-state index in [0.717, 1.165) is 42.5 Å². The Morgan fingerprint density at radius 3 is 2.58 bits per heavy atom. The zero-order valence-corrected chi connectivity index (χ0v) is 21.1. The summed E-state index contributed by atoms with van der Waals surface area (Å²) in [6, 6.07) is 7.32. The van der Waals surface area contributed by atoms with Gasteiger partial charge in [-0.05, 0) is 103 Å². The molecule has 3 fully saturated rings. The number of phenolic OH excluding ortho intramolecular Hbond substituents is 1. The second-order valence-electron chi connectivity index (χ2n) is 12.1. The number of phenols is 1. The highest BCUT2D eigenvalue weighted by Gasteiger charge is 2.61. The van der Waals surface area contributed by atoms with Crippen LogP contribution >= 0.6 is 0 Å². The summed E-state index contributed by atoms with van der Waals surface area (Å²) >= 11 is 0. The quantitative estimate of drug-likeness (QED) is 0.586. The van der Waals surface area contributed by atoms with Crippen LogP contribution in [0.15, 0.2) is 30.5 Å². The van der Waals surface area contributed by atoms with Gasteiger partial charge in [0.25, 0.3) is 0 Å². The Hall–Kier alpha value is -1.81. The van der Waals surface area contributed by atoms with Gasteiger partial charge in [-0.25, -0.2) is 4.68 Å². The molecule has 0 radical (unpaired) electrons. The molecule has 4 nitrogen and oxygen atoms in total. The van der Waals surface area contributed by atoms with E-state index in [4.69, 9.17) is 5.10 Å². The van der Waals surface area contributed by atoms with Crippen LogP contribution in [0.3, 0.4) is 0 Å². The molecule has 1 aromatic heterocycles. The topological polar surface area (TPSA) is 58.3 Å². The van der Waals surface area contributed by atoms with Crippen LogP contribution in [0, 0.1) is 40.4 Å². The van der Waals surface area contributed by atoms with E-state index >= 15 is 0 Å². The van der Waals surface area contributed by atoms with Gasteiger partial charge in [0.1, 0.15) is 5.75 Å².